The first-order valence-corrected chi connectivity index (χ1v) is 17.8. The third kappa shape index (κ3) is 4.37. The zero-order chi connectivity index (χ0) is 33.5. The first kappa shape index (κ1) is 28.2. The smallest absolute Gasteiger partial charge is 0.164 e. The average molecular weight is 671 g/mol. The number of nitrogens with zero attached hydrogens (tertiary/aromatic N) is 4. The van der Waals surface area contributed by atoms with Crippen LogP contribution in [0.25, 0.3) is 104 Å². The van der Waals surface area contributed by atoms with E-state index in [2.05, 4.69) is 102 Å². The minimum Gasteiger partial charge on any atom is -0.456 e. The summed E-state index contributed by atoms with van der Waals surface area (Å²) in [5.41, 5.74) is 8.02. The van der Waals surface area contributed by atoms with E-state index >= 15 is 0 Å². The van der Waals surface area contributed by atoms with Gasteiger partial charge >= 0.3 is 0 Å². The lowest BCUT2D eigenvalue weighted by atomic mass is 10.1. The molecule has 0 saturated heterocycles. The Hall–Kier alpha value is -6.63. The lowest BCUT2D eigenvalue weighted by Crippen LogP contribution is -2.00. The summed E-state index contributed by atoms with van der Waals surface area (Å²) in [4.78, 5) is 14.7. The second-order valence-electron chi connectivity index (χ2n) is 12.8. The van der Waals surface area contributed by atoms with Gasteiger partial charge in [-0.1, -0.05) is 109 Å². The van der Waals surface area contributed by atoms with Crippen molar-refractivity contribution in [1.29, 1.82) is 0 Å². The highest BCUT2D eigenvalue weighted by Crippen LogP contribution is 2.44. The molecule has 0 bridgehead atoms. The number of fused-ring (bicyclic) bond motifs is 9. The number of para-hydroxylation sites is 2. The van der Waals surface area contributed by atoms with Crippen LogP contribution in [0.15, 0.2) is 162 Å². The van der Waals surface area contributed by atoms with Crippen LogP contribution in [0.5, 0.6) is 0 Å². The van der Waals surface area contributed by atoms with Crippen LogP contribution in [0.2, 0.25) is 0 Å². The molecule has 6 heteroatoms. The van der Waals surface area contributed by atoms with Crippen LogP contribution in [0.4, 0.5) is 0 Å². The molecule has 0 aliphatic rings. The Kier molecular flexibility index (Phi) is 6.05. The van der Waals surface area contributed by atoms with E-state index in [1.54, 1.807) is 0 Å². The first-order chi connectivity index (χ1) is 25.3. The molecule has 0 N–H and O–H groups in total. The Morgan fingerprint density at radius 3 is 1.67 bits per heavy atom. The molecule has 0 unspecified atom stereocenters. The van der Waals surface area contributed by atoms with Gasteiger partial charge in [-0.25, -0.2) is 15.0 Å². The summed E-state index contributed by atoms with van der Waals surface area (Å²) < 4.78 is 11.5. The maximum absolute atomic E-state index is 6.60. The van der Waals surface area contributed by atoms with Gasteiger partial charge in [0.2, 0.25) is 0 Å². The molecule has 11 rings (SSSR count). The van der Waals surface area contributed by atoms with Crippen LogP contribution in [-0.2, 0) is 0 Å². The molecule has 0 saturated carbocycles. The Morgan fingerprint density at radius 2 is 1.00 bits per heavy atom. The molecule has 0 radical (unpaired) electrons. The molecule has 0 aliphatic carbocycles. The van der Waals surface area contributed by atoms with E-state index in [1.165, 1.54) is 47.7 Å². The lowest BCUT2D eigenvalue weighted by Gasteiger charge is -2.10. The van der Waals surface area contributed by atoms with Crippen molar-refractivity contribution in [1.82, 2.24) is 19.5 Å². The van der Waals surface area contributed by atoms with Gasteiger partial charge in [-0.3, -0.25) is 0 Å². The van der Waals surface area contributed by atoms with Crippen LogP contribution in [-0.4, -0.2) is 19.5 Å². The van der Waals surface area contributed by atoms with E-state index in [1.807, 2.05) is 72.0 Å². The monoisotopic (exact) mass is 670 g/mol. The number of aromatic nitrogens is 4. The van der Waals surface area contributed by atoms with Crippen molar-refractivity contribution in [2.45, 2.75) is 0 Å². The van der Waals surface area contributed by atoms with Crippen molar-refractivity contribution in [2.75, 3.05) is 0 Å². The van der Waals surface area contributed by atoms with E-state index < -0.39 is 0 Å². The molecule has 4 heterocycles. The Labute approximate surface area is 295 Å². The summed E-state index contributed by atoms with van der Waals surface area (Å²) >= 11 is 1.81. The molecular weight excluding hydrogens is 645 g/mol. The quantitative estimate of drug-likeness (QED) is 0.187. The van der Waals surface area contributed by atoms with E-state index in [0.29, 0.717) is 17.5 Å². The fraction of sp³-hybridized carbons (Fsp3) is 0. The molecule has 11 aromatic rings. The fourth-order valence-corrected chi connectivity index (χ4v) is 8.66. The van der Waals surface area contributed by atoms with Gasteiger partial charge in [-0.05, 0) is 48.5 Å². The van der Waals surface area contributed by atoms with Gasteiger partial charge in [0.25, 0.3) is 0 Å². The van der Waals surface area contributed by atoms with Crippen LogP contribution >= 0.6 is 11.3 Å². The van der Waals surface area contributed by atoms with Gasteiger partial charge in [0.1, 0.15) is 11.2 Å². The van der Waals surface area contributed by atoms with E-state index in [-0.39, 0.29) is 0 Å². The highest BCUT2D eigenvalue weighted by Gasteiger charge is 2.19. The summed E-state index contributed by atoms with van der Waals surface area (Å²) in [6.07, 6.45) is 0. The molecule has 0 aliphatic heterocycles. The van der Waals surface area contributed by atoms with Crippen molar-refractivity contribution in [3.63, 3.8) is 0 Å². The van der Waals surface area contributed by atoms with Gasteiger partial charge in [0.15, 0.2) is 17.5 Å². The van der Waals surface area contributed by atoms with Crippen molar-refractivity contribution in [2.24, 2.45) is 0 Å². The van der Waals surface area contributed by atoms with Crippen molar-refractivity contribution in [3.8, 4) is 39.9 Å². The van der Waals surface area contributed by atoms with Crippen LogP contribution in [0, 0.1) is 0 Å². The molecule has 0 atom stereocenters. The molecule has 5 nitrogen and oxygen atoms in total. The van der Waals surface area contributed by atoms with Crippen molar-refractivity contribution < 1.29 is 4.42 Å². The summed E-state index contributed by atoms with van der Waals surface area (Å²) in [5, 5.41) is 7.15. The van der Waals surface area contributed by atoms with Crippen molar-refractivity contribution in [3.05, 3.63) is 158 Å². The Morgan fingerprint density at radius 1 is 0.412 bits per heavy atom. The minimum absolute atomic E-state index is 0.604. The highest BCUT2D eigenvalue weighted by atomic mass is 32.1. The number of hydrogen-bond acceptors (Lipinski definition) is 5. The predicted octanol–water partition coefficient (Wildman–Crippen LogP) is 12.2. The summed E-state index contributed by atoms with van der Waals surface area (Å²) in [5.74, 6) is 1.87. The maximum Gasteiger partial charge on any atom is 0.164 e. The number of furan rings is 1. The fourth-order valence-electron chi connectivity index (χ4n) is 7.52. The number of hydrogen-bond donors (Lipinski definition) is 0. The SMILES string of the molecule is c1ccc(-c2nc(-c3ccccc3)nc(-c3ccc4c(c3)oc3cc5sc6cccc(-n7c8ccccc8c8ccccc87)c6c5cc34)n2)cc1. The highest BCUT2D eigenvalue weighted by molar-refractivity contribution is 7.26. The first-order valence-electron chi connectivity index (χ1n) is 16.9. The molecule has 0 amide bonds. The lowest BCUT2D eigenvalue weighted by molar-refractivity contribution is 0.669. The minimum atomic E-state index is 0.604. The second kappa shape index (κ2) is 10.9. The maximum atomic E-state index is 6.60. The van der Waals surface area contributed by atoms with Gasteiger partial charge < -0.3 is 8.98 Å². The topological polar surface area (TPSA) is 56.7 Å². The molecule has 238 valence electrons. The molecule has 51 heavy (non-hydrogen) atoms. The number of benzene rings is 7. The predicted molar refractivity (Wildman–Crippen MR) is 211 cm³/mol. The normalized spacial score (nSPS) is 11.9. The molecular formula is C45H26N4OS. The second-order valence-corrected chi connectivity index (χ2v) is 13.9. The van der Waals surface area contributed by atoms with Gasteiger partial charge in [0, 0.05) is 58.4 Å². The zero-order valence-corrected chi connectivity index (χ0v) is 27.9. The third-order valence-corrected chi connectivity index (χ3v) is 11.0. The standard InChI is InChI=1S/C45H26N4OS/c1-3-12-27(13-4-1)43-46-44(28-14-5-2-6-15-28)48-45(47-43)29-22-23-32-33-25-34-41(26-39(33)50-38(32)24-29)51-40-21-11-20-37(42(34)40)49-35-18-9-7-16-30(35)31-17-8-10-19-36(31)49/h1-26H. The summed E-state index contributed by atoms with van der Waals surface area (Å²) in [6.45, 7) is 0. The van der Waals surface area contributed by atoms with E-state index in [9.17, 15) is 0 Å². The average Bonchev–Trinajstić information content (AvgIpc) is 3.86. The number of thiophene rings is 1. The van der Waals surface area contributed by atoms with Gasteiger partial charge in [-0.2, -0.15) is 0 Å². The molecule has 4 aromatic heterocycles. The molecule has 7 aromatic carbocycles. The molecule has 0 fully saturated rings. The van der Waals surface area contributed by atoms with Crippen molar-refractivity contribution >= 4 is 75.3 Å². The van der Waals surface area contributed by atoms with Gasteiger partial charge in [0.05, 0.1) is 16.7 Å². The third-order valence-electron chi connectivity index (χ3n) is 9.85. The molecule has 0 spiro atoms. The van der Waals surface area contributed by atoms with Crippen LogP contribution in [0.3, 0.4) is 0 Å². The van der Waals surface area contributed by atoms with Gasteiger partial charge in [-0.15, -0.1) is 11.3 Å². The summed E-state index contributed by atoms with van der Waals surface area (Å²) in [7, 11) is 0. The zero-order valence-electron chi connectivity index (χ0n) is 27.1. The number of rotatable bonds is 4. The van der Waals surface area contributed by atoms with Crippen LogP contribution in [0.1, 0.15) is 0 Å². The van der Waals surface area contributed by atoms with E-state index in [4.69, 9.17) is 19.4 Å². The Balaban J connectivity index is 1.10. The Bertz CT molecular complexity index is 3030. The largest absolute Gasteiger partial charge is 0.456 e. The summed E-state index contributed by atoms with van der Waals surface area (Å²) in [6, 6.07) is 54.9. The van der Waals surface area contributed by atoms with E-state index in [0.717, 1.165) is 38.6 Å². The van der Waals surface area contributed by atoms with Crippen LogP contribution < -0.4 is 0 Å².